The molecule has 0 aromatic heterocycles. The molecule has 1 aliphatic heterocycles. The Morgan fingerprint density at radius 3 is 2.77 bits per heavy atom. The Morgan fingerprint density at radius 2 is 2.38 bits per heavy atom. The van der Waals surface area contributed by atoms with Gasteiger partial charge in [0.05, 0.1) is 6.61 Å². The van der Waals surface area contributed by atoms with Crippen LogP contribution >= 0.6 is 0 Å². The van der Waals surface area contributed by atoms with Gasteiger partial charge in [-0.25, -0.2) is 4.79 Å². The molecule has 74 valence electrons. The predicted molar refractivity (Wildman–Crippen MR) is 40.2 cm³/mol. The second-order valence-corrected chi connectivity index (χ2v) is 2.89. The SMILES string of the molecule is C=C1OCCC1OC(=O)C(C)(F)F. The lowest BCUT2D eigenvalue weighted by Crippen LogP contribution is -2.30. The summed E-state index contributed by atoms with van der Waals surface area (Å²) in [5, 5.41) is 0. The highest BCUT2D eigenvalue weighted by Crippen LogP contribution is 2.22. The molecule has 1 fully saturated rings. The van der Waals surface area contributed by atoms with Crippen LogP contribution < -0.4 is 0 Å². The minimum atomic E-state index is -3.46. The Kier molecular flexibility index (Phi) is 2.54. The average molecular weight is 192 g/mol. The first kappa shape index (κ1) is 9.95. The third-order valence-corrected chi connectivity index (χ3v) is 1.63. The lowest BCUT2D eigenvalue weighted by atomic mass is 10.2. The number of alkyl halides is 2. The van der Waals surface area contributed by atoms with Gasteiger partial charge in [0.25, 0.3) is 0 Å². The quantitative estimate of drug-likeness (QED) is 0.622. The van der Waals surface area contributed by atoms with Crippen molar-refractivity contribution in [2.45, 2.75) is 25.4 Å². The zero-order valence-corrected chi connectivity index (χ0v) is 7.18. The van der Waals surface area contributed by atoms with Crippen LogP contribution in [-0.4, -0.2) is 24.6 Å². The molecule has 0 amide bonds. The summed E-state index contributed by atoms with van der Waals surface area (Å²) in [5.41, 5.74) is 0. The zero-order valence-electron chi connectivity index (χ0n) is 7.18. The summed E-state index contributed by atoms with van der Waals surface area (Å²) in [6.45, 7) is 4.27. The molecule has 3 nitrogen and oxygen atoms in total. The molecule has 13 heavy (non-hydrogen) atoms. The number of rotatable bonds is 2. The maximum absolute atomic E-state index is 12.4. The summed E-state index contributed by atoms with van der Waals surface area (Å²) in [6.07, 6.45) is -0.334. The molecular weight excluding hydrogens is 182 g/mol. The summed E-state index contributed by atoms with van der Waals surface area (Å²) in [4.78, 5) is 10.7. The molecule has 1 aliphatic rings. The summed E-state index contributed by atoms with van der Waals surface area (Å²) < 4.78 is 34.0. The number of ether oxygens (including phenoxy) is 2. The van der Waals surface area contributed by atoms with E-state index in [-0.39, 0.29) is 5.76 Å². The highest BCUT2D eigenvalue weighted by molar-refractivity contribution is 5.77. The van der Waals surface area contributed by atoms with Crippen molar-refractivity contribution < 1.29 is 23.0 Å². The van der Waals surface area contributed by atoms with Crippen LogP contribution in [0, 0.1) is 0 Å². The van der Waals surface area contributed by atoms with Gasteiger partial charge in [-0.1, -0.05) is 6.58 Å². The van der Waals surface area contributed by atoms with E-state index in [2.05, 4.69) is 11.3 Å². The number of carbonyl (C=O) groups excluding carboxylic acids is 1. The Hall–Kier alpha value is -1.13. The molecule has 0 bridgehead atoms. The summed E-state index contributed by atoms with van der Waals surface area (Å²) >= 11 is 0. The van der Waals surface area contributed by atoms with Crippen molar-refractivity contribution in [1.29, 1.82) is 0 Å². The number of hydrogen-bond donors (Lipinski definition) is 0. The lowest BCUT2D eigenvalue weighted by molar-refractivity contribution is -0.173. The monoisotopic (exact) mass is 192 g/mol. The van der Waals surface area contributed by atoms with Crippen LogP contribution in [-0.2, 0) is 14.3 Å². The van der Waals surface area contributed by atoms with E-state index in [9.17, 15) is 13.6 Å². The predicted octanol–water partition coefficient (Wildman–Crippen LogP) is 1.49. The molecule has 1 unspecified atom stereocenters. The fourth-order valence-corrected chi connectivity index (χ4v) is 0.908. The highest BCUT2D eigenvalue weighted by atomic mass is 19.3. The summed E-state index contributed by atoms with van der Waals surface area (Å²) in [6, 6.07) is 0. The number of esters is 1. The van der Waals surface area contributed by atoms with Crippen LogP contribution in [0.1, 0.15) is 13.3 Å². The van der Waals surface area contributed by atoms with E-state index in [1.807, 2.05) is 0 Å². The Labute approximate surface area is 74.3 Å². The first-order valence-corrected chi connectivity index (χ1v) is 3.82. The molecule has 5 heteroatoms. The topological polar surface area (TPSA) is 35.5 Å². The fourth-order valence-electron chi connectivity index (χ4n) is 0.908. The fraction of sp³-hybridized carbons (Fsp3) is 0.625. The third kappa shape index (κ3) is 2.40. The molecular formula is C8H10F2O3. The highest BCUT2D eigenvalue weighted by Gasteiger charge is 2.37. The molecule has 1 atom stereocenters. The van der Waals surface area contributed by atoms with E-state index in [0.29, 0.717) is 20.0 Å². The van der Waals surface area contributed by atoms with Gasteiger partial charge in [0.15, 0.2) is 6.10 Å². The summed E-state index contributed by atoms with van der Waals surface area (Å²) in [5.74, 6) is -4.76. The standard InChI is InChI=1S/C8H10F2O3/c1-5-6(3-4-12-5)13-7(11)8(2,9)10/h6H,1,3-4H2,2H3. The molecule has 0 aromatic rings. The van der Waals surface area contributed by atoms with Gasteiger partial charge in [0, 0.05) is 13.3 Å². The van der Waals surface area contributed by atoms with Gasteiger partial charge in [-0.2, -0.15) is 8.78 Å². The molecule has 0 spiro atoms. The van der Waals surface area contributed by atoms with E-state index < -0.39 is 18.0 Å². The molecule has 1 rings (SSSR count). The number of hydrogen-bond acceptors (Lipinski definition) is 3. The van der Waals surface area contributed by atoms with Gasteiger partial charge in [0.2, 0.25) is 0 Å². The van der Waals surface area contributed by atoms with Crippen molar-refractivity contribution in [2.75, 3.05) is 6.61 Å². The van der Waals surface area contributed by atoms with Crippen LogP contribution in [0.3, 0.4) is 0 Å². The van der Waals surface area contributed by atoms with E-state index in [1.165, 1.54) is 0 Å². The van der Waals surface area contributed by atoms with Crippen molar-refractivity contribution in [1.82, 2.24) is 0 Å². The van der Waals surface area contributed by atoms with Crippen molar-refractivity contribution in [3.63, 3.8) is 0 Å². The molecule has 0 aromatic carbocycles. The lowest BCUT2D eigenvalue weighted by Gasteiger charge is -2.14. The first-order valence-electron chi connectivity index (χ1n) is 3.82. The largest absolute Gasteiger partial charge is 0.494 e. The third-order valence-electron chi connectivity index (χ3n) is 1.63. The second-order valence-electron chi connectivity index (χ2n) is 2.89. The molecule has 0 N–H and O–H groups in total. The van der Waals surface area contributed by atoms with Crippen LogP contribution in [0.15, 0.2) is 12.3 Å². The number of halogens is 2. The smallest absolute Gasteiger partial charge is 0.377 e. The van der Waals surface area contributed by atoms with E-state index in [0.717, 1.165) is 0 Å². The molecule has 0 saturated carbocycles. The van der Waals surface area contributed by atoms with Gasteiger partial charge >= 0.3 is 11.9 Å². The second kappa shape index (κ2) is 3.32. The first-order chi connectivity index (χ1) is 5.91. The molecule has 1 heterocycles. The Morgan fingerprint density at radius 1 is 1.77 bits per heavy atom. The van der Waals surface area contributed by atoms with Crippen molar-refractivity contribution >= 4 is 5.97 Å². The van der Waals surface area contributed by atoms with Crippen LogP contribution in [0.25, 0.3) is 0 Å². The molecule has 0 aliphatic carbocycles. The number of carbonyl (C=O) groups is 1. The van der Waals surface area contributed by atoms with E-state index >= 15 is 0 Å². The Balaban J connectivity index is 2.49. The van der Waals surface area contributed by atoms with Crippen LogP contribution in [0.2, 0.25) is 0 Å². The van der Waals surface area contributed by atoms with E-state index in [1.54, 1.807) is 0 Å². The average Bonchev–Trinajstić information content (AvgIpc) is 2.34. The molecule has 1 saturated heterocycles. The molecule has 0 radical (unpaired) electrons. The minimum absolute atomic E-state index is 0.234. The van der Waals surface area contributed by atoms with Gasteiger partial charge in [-0.15, -0.1) is 0 Å². The maximum atomic E-state index is 12.4. The van der Waals surface area contributed by atoms with Crippen molar-refractivity contribution in [3.8, 4) is 0 Å². The maximum Gasteiger partial charge on any atom is 0.377 e. The zero-order chi connectivity index (χ0) is 10.1. The summed E-state index contributed by atoms with van der Waals surface area (Å²) in [7, 11) is 0. The van der Waals surface area contributed by atoms with Gasteiger partial charge in [0.1, 0.15) is 5.76 Å². The van der Waals surface area contributed by atoms with E-state index in [4.69, 9.17) is 4.74 Å². The Bertz CT molecular complexity index is 232. The van der Waals surface area contributed by atoms with Gasteiger partial charge in [-0.3, -0.25) is 0 Å². The van der Waals surface area contributed by atoms with Gasteiger partial charge in [-0.05, 0) is 0 Å². The van der Waals surface area contributed by atoms with Crippen LogP contribution in [0.4, 0.5) is 8.78 Å². The van der Waals surface area contributed by atoms with Crippen LogP contribution in [0.5, 0.6) is 0 Å². The van der Waals surface area contributed by atoms with Gasteiger partial charge < -0.3 is 9.47 Å². The van der Waals surface area contributed by atoms with Crippen molar-refractivity contribution in [2.24, 2.45) is 0 Å². The minimum Gasteiger partial charge on any atom is -0.494 e. The van der Waals surface area contributed by atoms with Crippen molar-refractivity contribution in [3.05, 3.63) is 12.3 Å². The normalized spacial score (nSPS) is 22.7.